The van der Waals surface area contributed by atoms with Crippen molar-refractivity contribution in [3.8, 4) is 0 Å². The Kier molecular flexibility index (Phi) is 5.14. The molecular formula is C10H21NOS. The Hall–Kier alpha value is 0.270. The number of aliphatic hydroxyl groups excluding tert-OH is 1. The maximum absolute atomic E-state index is 9.68. The zero-order chi connectivity index (χ0) is 9.68. The molecule has 0 saturated carbocycles. The number of hydrogen-bond donors (Lipinski definition) is 1. The fourth-order valence-electron chi connectivity index (χ4n) is 1.92. The maximum Gasteiger partial charge on any atom is 0.0592 e. The Bertz CT molecular complexity index is 141. The summed E-state index contributed by atoms with van der Waals surface area (Å²) >= 11 is 1.90. The topological polar surface area (TPSA) is 23.5 Å². The molecule has 1 fully saturated rings. The molecule has 0 aliphatic carbocycles. The summed E-state index contributed by atoms with van der Waals surface area (Å²) in [5, 5.41) is 9.68. The standard InChI is InChI=1S/C10H21NOS/c1-3-9-8-11(6-7-13-2)5-4-10(9)12/h9-10,12H,3-8H2,1-2H3. The van der Waals surface area contributed by atoms with E-state index in [9.17, 15) is 5.11 Å². The molecule has 1 aliphatic heterocycles. The lowest BCUT2D eigenvalue weighted by molar-refractivity contribution is 0.0276. The highest BCUT2D eigenvalue weighted by molar-refractivity contribution is 7.98. The van der Waals surface area contributed by atoms with Crippen LogP contribution in [0, 0.1) is 5.92 Å². The van der Waals surface area contributed by atoms with Crippen molar-refractivity contribution in [3.05, 3.63) is 0 Å². The van der Waals surface area contributed by atoms with E-state index < -0.39 is 0 Å². The highest BCUT2D eigenvalue weighted by Crippen LogP contribution is 2.19. The second-order valence-corrected chi connectivity index (χ2v) is 4.80. The first-order chi connectivity index (χ1) is 6.27. The zero-order valence-corrected chi connectivity index (χ0v) is 9.52. The Morgan fingerprint density at radius 1 is 1.54 bits per heavy atom. The predicted octanol–water partition coefficient (Wildman–Crippen LogP) is 1.44. The van der Waals surface area contributed by atoms with Crippen molar-refractivity contribution >= 4 is 11.8 Å². The molecule has 0 spiro atoms. The maximum atomic E-state index is 9.68. The van der Waals surface area contributed by atoms with Gasteiger partial charge in [-0.25, -0.2) is 0 Å². The molecule has 1 saturated heterocycles. The molecule has 2 atom stereocenters. The first kappa shape index (κ1) is 11.3. The van der Waals surface area contributed by atoms with Crippen molar-refractivity contribution in [2.24, 2.45) is 5.92 Å². The molecule has 0 aromatic heterocycles. The average molecular weight is 203 g/mol. The molecule has 13 heavy (non-hydrogen) atoms. The molecule has 1 rings (SSSR count). The van der Waals surface area contributed by atoms with E-state index >= 15 is 0 Å². The van der Waals surface area contributed by atoms with Gasteiger partial charge in [-0.1, -0.05) is 6.92 Å². The third kappa shape index (κ3) is 3.49. The predicted molar refractivity (Wildman–Crippen MR) is 59.2 cm³/mol. The van der Waals surface area contributed by atoms with Gasteiger partial charge >= 0.3 is 0 Å². The number of nitrogens with zero attached hydrogens (tertiary/aromatic N) is 1. The molecule has 2 nitrogen and oxygen atoms in total. The van der Waals surface area contributed by atoms with Gasteiger partial charge in [0.05, 0.1) is 6.10 Å². The SMILES string of the molecule is CCC1CN(CCSC)CCC1O. The average Bonchev–Trinajstić information content (AvgIpc) is 2.16. The van der Waals surface area contributed by atoms with E-state index in [1.165, 1.54) is 12.3 Å². The van der Waals surface area contributed by atoms with Crippen LogP contribution in [0.25, 0.3) is 0 Å². The van der Waals surface area contributed by atoms with Gasteiger partial charge in [-0.2, -0.15) is 11.8 Å². The van der Waals surface area contributed by atoms with E-state index in [4.69, 9.17) is 0 Å². The summed E-state index contributed by atoms with van der Waals surface area (Å²) in [7, 11) is 0. The summed E-state index contributed by atoms with van der Waals surface area (Å²) in [6.07, 6.45) is 4.18. The molecule has 0 amide bonds. The van der Waals surface area contributed by atoms with Crippen molar-refractivity contribution in [3.63, 3.8) is 0 Å². The molecule has 3 heteroatoms. The molecule has 0 aromatic carbocycles. The molecule has 0 bridgehead atoms. The minimum atomic E-state index is -0.0458. The largest absolute Gasteiger partial charge is 0.393 e. The number of likely N-dealkylation sites (tertiary alicyclic amines) is 1. The van der Waals surface area contributed by atoms with Crippen LogP contribution in [0.3, 0.4) is 0 Å². The van der Waals surface area contributed by atoms with Crippen molar-refractivity contribution in [2.45, 2.75) is 25.9 Å². The summed E-state index contributed by atoms with van der Waals surface area (Å²) in [5.74, 6) is 1.72. The summed E-state index contributed by atoms with van der Waals surface area (Å²) in [6.45, 7) is 5.53. The Morgan fingerprint density at radius 3 is 2.92 bits per heavy atom. The Labute approximate surface area is 85.7 Å². The first-order valence-corrected chi connectivity index (χ1v) is 6.56. The summed E-state index contributed by atoms with van der Waals surface area (Å²) < 4.78 is 0. The molecule has 78 valence electrons. The number of rotatable bonds is 4. The van der Waals surface area contributed by atoms with Crippen LogP contribution in [-0.4, -0.2) is 47.8 Å². The lowest BCUT2D eigenvalue weighted by Gasteiger charge is -2.35. The number of hydrogen-bond acceptors (Lipinski definition) is 3. The molecule has 1 aliphatic rings. The van der Waals surface area contributed by atoms with E-state index in [2.05, 4.69) is 18.1 Å². The smallest absolute Gasteiger partial charge is 0.0592 e. The van der Waals surface area contributed by atoms with Crippen LogP contribution < -0.4 is 0 Å². The number of aliphatic hydroxyl groups is 1. The highest BCUT2D eigenvalue weighted by Gasteiger charge is 2.25. The van der Waals surface area contributed by atoms with Gasteiger partial charge in [0.15, 0.2) is 0 Å². The lowest BCUT2D eigenvalue weighted by Crippen LogP contribution is -2.43. The van der Waals surface area contributed by atoms with Crippen molar-refractivity contribution in [1.29, 1.82) is 0 Å². The van der Waals surface area contributed by atoms with E-state index in [1.54, 1.807) is 0 Å². The van der Waals surface area contributed by atoms with Gasteiger partial charge in [0, 0.05) is 25.4 Å². The molecular weight excluding hydrogens is 182 g/mol. The van der Waals surface area contributed by atoms with E-state index in [-0.39, 0.29) is 6.10 Å². The van der Waals surface area contributed by atoms with E-state index in [0.29, 0.717) is 5.92 Å². The normalized spacial score (nSPS) is 30.7. The summed E-state index contributed by atoms with van der Waals surface area (Å²) in [5.41, 5.74) is 0. The van der Waals surface area contributed by atoms with Crippen LogP contribution in [0.2, 0.25) is 0 Å². The van der Waals surface area contributed by atoms with Crippen LogP contribution in [0.5, 0.6) is 0 Å². The minimum absolute atomic E-state index is 0.0458. The fraction of sp³-hybridized carbons (Fsp3) is 1.00. The van der Waals surface area contributed by atoms with Crippen LogP contribution >= 0.6 is 11.8 Å². The fourth-order valence-corrected chi connectivity index (χ4v) is 2.36. The zero-order valence-electron chi connectivity index (χ0n) is 8.70. The molecule has 0 radical (unpaired) electrons. The van der Waals surface area contributed by atoms with Crippen LogP contribution in [0.1, 0.15) is 19.8 Å². The van der Waals surface area contributed by atoms with Gasteiger partial charge in [0.1, 0.15) is 0 Å². The second kappa shape index (κ2) is 5.89. The number of piperidine rings is 1. The number of thioether (sulfide) groups is 1. The van der Waals surface area contributed by atoms with Gasteiger partial charge in [0.2, 0.25) is 0 Å². The highest BCUT2D eigenvalue weighted by atomic mass is 32.2. The van der Waals surface area contributed by atoms with Crippen molar-refractivity contribution in [1.82, 2.24) is 4.90 Å². The molecule has 0 aromatic rings. The van der Waals surface area contributed by atoms with Crippen LogP contribution in [0.15, 0.2) is 0 Å². The Morgan fingerprint density at radius 2 is 2.31 bits per heavy atom. The minimum Gasteiger partial charge on any atom is -0.393 e. The van der Waals surface area contributed by atoms with Gasteiger partial charge in [-0.05, 0) is 25.0 Å². The Balaban J connectivity index is 2.27. The molecule has 1 N–H and O–H groups in total. The third-order valence-corrected chi connectivity index (χ3v) is 3.50. The van der Waals surface area contributed by atoms with Crippen LogP contribution in [-0.2, 0) is 0 Å². The summed E-state index contributed by atoms with van der Waals surface area (Å²) in [6, 6.07) is 0. The van der Waals surface area contributed by atoms with Gasteiger partial charge in [0.25, 0.3) is 0 Å². The van der Waals surface area contributed by atoms with Gasteiger partial charge < -0.3 is 10.0 Å². The van der Waals surface area contributed by atoms with E-state index in [0.717, 1.165) is 25.9 Å². The van der Waals surface area contributed by atoms with Crippen molar-refractivity contribution in [2.75, 3.05) is 31.6 Å². The molecule has 2 unspecified atom stereocenters. The van der Waals surface area contributed by atoms with Crippen molar-refractivity contribution < 1.29 is 5.11 Å². The van der Waals surface area contributed by atoms with E-state index in [1.807, 2.05) is 11.8 Å². The summed E-state index contributed by atoms with van der Waals surface area (Å²) in [4.78, 5) is 2.48. The monoisotopic (exact) mass is 203 g/mol. The lowest BCUT2D eigenvalue weighted by atomic mass is 9.92. The second-order valence-electron chi connectivity index (χ2n) is 3.82. The quantitative estimate of drug-likeness (QED) is 0.748. The third-order valence-electron chi connectivity index (χ3n) is 2.91. The van der Waals surface area contributed by atoms with Gasteiger partial charge in [-0.3, -0.25) is 0 Å². The van der Waals surface area contributed by atoms with Gasteiger partial charge in [-0.15, -0.1) is 0 Å². The molecule has 1 heterocycles. The van der Waals surface area contributed by atoms with Crippen LogP contribution in [0.4, 0.5) is 0 Å². The first-order valence-electron chi connectivity index (χ1n) is 5.17.